The van der Waals surface area contributed by atoms with Crippen molar-refractivity contribution in [2.45, 2.75) is 38.0 Å². The average molecular weight is 516 g/mol. The van der Waals surface area contributed by atoms with Gasteiger partial charge in [-0.05, 0) is 35.9 Å². The summed E-state index contributed by atoms with van der Waals surface area (Å²) < 4.78 is 22.2. The largest absolute Gasteiger partial charge is 0.489 e. The van der Waals surface area contributed by atoms with Crippen LogP contribution in [0, 0.1) is 11.3 Å². The highest BCUT2D eigenvalue weighted by molar-refractivity contribution is 5.64. The summed E-state index contributed by atoms with van der Waals surface area (Å²) in [6.07, 6.45) is 6.27. The van der Waals surface area contributed by atoms with Crippen molar-refractivity contribution in [3.8, 4) is 23.1 Å². The molecular weight excluding hydrogens is 482 g/mol. The molecule has 0 atom stereocenters. The van der Waals surface area contributed by atoms with Gasteiger partial charge in [0.15, 0.2) is 0 Å². The zero-order valence-electron chi connectivity index (χ0n) is 21.7. The van der Waals surface area contributed by atoms with Crippen LogP contribution in [0.5, 0.6) is 5.75 Å². The number of aromatic nitrogens is 3. The minimum absolute atomic E-state index is 0.0790. The second-order valence-corrected chi connectivity index (χ2v) is 9.62. The van der Waals surface area contributed by atoms with Gasteiger partial charge in [-0.15, -0.1) is 0 Å². The molecule has 9 heteroatoms. The molecule has 0 radical (unpaired) electrons. The number of likely N-dealkylation sites (tertiary alicyclic amines) is 1. The number of methoxy groups -OCH3 is 1. The number of benzene rings is 1. The van der Waals surface area contributed by atoms with Gasteiger partial charge >= 0.3 is 0 Å². The molecule has 0 spiro atoms. The first kappa shape index (κ1) is 26.2. The quantitative estimate of drug-likeness (QED) is 0.356. The molecular formula is C29H33N5O4. The molecule has 38 heavy (non-hydrogen) atoms. The van der Waals surface area contributed by atoms with Crippen LogP contribution in [0.25, 0.3) is 11.3 Å². The summed E-state index contributed by atoms with van der Waals surface area (Å²) in [4.78, 5) is 16.2. The van der Waals surface area contributed by atoms with Crippen molar-refractivity contribution >= 4 is 0 Å². The van der Waals surface area contributed by atoms with Crippen molar-refractivity contribution in [3.05, 3.63) is 71.4 Å². The molecule has 2 fully saturated rings. The smallest absolute Gasteiger partial charge is 0.137 e. The topological polar surface area (TPSA) is 103 Å². The van der Waals surface area contributed by atoms with Crippen LogP contribution >= 0.6 is 0 Å². The lowest BCUT2D eigenvalue weighted by molar-refractivity contribution is -0.0702. The maximum atomic E-state index is 9.71. The summed E-state index contributed by atoms with van der Waals surface area (Å²) in [6, 6.07) is 13.9. The zero-order valence-corrected chi connectivity index (χ0v) is 21.7. The van der Waals surface area contributed by atoms with E-state index in [9.17, 15) is 5.26 Å². The van der Waals surface area contributed by atoms with Crippen LogP contribution in [0.4, 0.5) is 0 Å². The summed E-state index contributed by atoms with van der Waals surface area (Å²) in [6.45, 7) is 5.30. The molecule has 0 N–H and O–H groups in total. The van der Waals surface area contributed by atoms with Gasteiger partial charge in [-0.25, -0.2) is 9.97 Å². The molecule has 3 aromatic rings. The first-order valence-electron chi connectivity index (χ1n) is 13.1. The van der Waals surface area contributed by atoms with Crippen LogP contribution in [0.3, 0.4) is 0 Å². The molecule has 0 amide bonds. The Bertz CT molecular complexity index is 1230. The zero-order chi connectivity index (χ0) is 26.2. The van der Waals surface area contributed by atoms with Gasteiger partial charge in [-0.1, -0.05) is 6.07 Å². The summed E-state index contributed by atoms with van der Waals surface area (Å²) in [5.74, 6) is 1.31. The van der Waals surface area contributed by atoms with Gasteiger partial charge < -0.3 is 18.9 Å². The van der Waals surface area contributed by atoms with E-state index in [1.165, 1.54) is 0 Å². The molecule has 4 heterocycles. The van der Waals surface area contributed by atoms with Crippen LogP contribution < -0.4 is 4.74 Å². The molecule has 0 bridgehead atoms. The number of nitrogens with zero attached hydrogens (tertiary/aromatic N) is 5. The molecule has 5 rings (SSSR count). The Morgan fingerprint density at radius 2 is 1.92 bits per heavy atom. The number of ether oxygens (including phenoxy) is 4. The third-order valence-electron chi connectivity index (χ3n) is 6.76. The van der Waals surface area contributed by atoms with E-state index in [1.54, 1.807) is 13.3 Å². The van der Waals surface area contributed by atoms with E-state index in [0.717, 1.165) is 55.0 Å². The average Bonchev–Trinajstić information content (AvgIpc) is 2.93. The van der Waals surface area contributed by atoms with Gasteiger partial charge in [0.05, 0.1) is 49.5 Å². The van der Waals surface area contributed by atoms with Gasteiger partial charge in [0.1, 0.15) is 23.7 Å². The van der Waals surface area contributed by atoms with Gasteiger partial charge in [0, 0.05) is 64.0 Å². The molecule has 2 aliphatic heterocycles. The van der Waals surface area contributed by atoms with E-state index in [1.807, 2.05) is 30.5 Å². The second kappa shape index (κ2) is 12.9. The molecule has 1 aromatic carbocycles. The molecule has 2 aromatic heterocycles. The van der Waals surface area contributed by atoms with Crippen molar-refractivity contribution in [1.29, 1.82) is 5.26 Å². The van der Waals surface area contributed by atoms with Gasteiger partial charge in [-0.2, -0.15) is 5.26 Å². The van der Waals surface area contributed by atoms with Crippen molar-refractivity contribution in [1.82, 2.24) is 19.9 Å². The van der Waals surface area contributed by atoms with E-state index in [4.69, 9.17) is 23.9 Å². The highest BCUT2D eigenvalue weighted by Crippen LogP contribution is 2.27. The van der Waals surface area contributed by atoms with Crippen molar-refractivity contribution in [3.63, 3.8) is 0 Å². The Kier molecular flexibility index (Phi) is 8.89. The Labute approximate surface area is 223 Å². The third kappa shape index (κ3) is 6.91. The molecule has 2 aliphatic rings. The Morgan fingerprint density at radius 3 is 2.68 bits per heavy atom. The minimum atomic E-state index is 0.0790. The van der Waals surface area contributed by atoms with E-state index in [0.29, 0.717) is 50.0 Å². The first-order valence-corrected chi connectivity index (χ1v) is 13.1. The summed E-state index contributed by atoms with van der Waals surface area (Å²) in [5, 5.41) is 9.71. The summed E-state index contributed by atoms with van der Waals surface area (Å²) in [7, 11) is 1.68. The predicted molar refractivity (Wildman–Crippen MR) is 141 cm³/mol. The Hall–Kier alpha value is -3.42. The minimum Gasteiger partial charge on any atom is -0.489 e. The van der Waals surface area contributed by atoms with Gasteiger partial charge in [0.25, 0.3) is 0 Å². The first-order chi connectivity index (χ1) is 18.7. The van der Waals surface area contributed by atoms with E-state index < -0.39 is 0 Å². The maximum Gasteiger partial charge on any atom is 0.137 e. The fourth-order valence-electron chi connectivity index (χ4n) is 4.62. The van der Waals surface area contributed by atoms with Crippen molar-refractivity contribution in [2.75, 3.05) is 46.6 Å². The van der Waals surface area contributed by atoms with Gasteiger partial charge in [-0.3, -0.25) is 9.88 Å². The fourth-order valence-corrected chi connectivity index (χ4v) is 4.62. The number of rotatable bonds is 11. The van der Waals surface area contributed by atoms with Crippen LogP contribution in [-0.2, 0) is 27.2 Å². The third-order valence-corrected chi connectivity index (χ3v) is 6.76. The lowest BCUT2D eigenvalue weighted by Gasteiger charge is -2.38. The summed E-state index contributed by atoms with van der Waals surface area (Å²) in [5.41, 5.74) is 4.22. The standard InChI is InChI=1S/C29H33N5O4/c1-35-12-13-37-26-19-34(20-26)18-24-4-2-21(17-32-24)14-29-31-9-6-27(33-29)22-3-5-28(23(15-22)16-30)38-25-7-10-36-11-8-25/h2-6,9,15,17,25-26H,7-8,10-14,18-20H2,1H3. The predicted octanol–water partition coefficient (Wildman–Crippen LogP) is 3.41. The lowest BCUT2D eigenvalue weighted by Crippen LogP contribution is -2.51. The summed E-state index contributed by atoms with van der Waals surface area (Å²) >= 11 is 0. The van der Waals surface area contributed by atoms with Crippen molar-refractivity contribution in [2.24, 2.45) is 0 Å². The maximum absolute atomic E-state index is 9.71. The number of hydrogen-bond donors (Lipinski definition) is 0. The number of nitriles is 1. The Balaban J connectivity index is 1.17. The van der Waals surface area contributed by atoms with Crippen LogP contribution in [0.2, 0.25) is 0 Å². The monoisotopic (exact) mass is 515 g/mol. The molecule has 198 valence electrons. The number of pyridine rings is 1. The van der Waals surface area contributed by atoms with Crippen LogP contribution in [0.15, 0.2) is 48.8 Å². The van der Waals surface area contributed by atoms with Gasteiger partial charge in [0.2, 0.25) is 0 Å². The molecule has 0 saturated carbocycles. The van der Waals surface area contributed by atoms with E-state index in [-0.39, 0.29) is 12.2 Å². The fraction of sp³-hybridized carbons (Fsp3) is 0.448. The van der Waals surface area contributed by atoms with E-state index >= 15 is 0 Å². The molecule has 2 saturated heterocycles. The van der Waals surface area contributed by atoms with E-state index in [2.05, 4.69) is 33.1 Å². The normalized spacial score (nSPS) is 16.6. The van der Waals surface area contributed by atoms with Crippen LogP contribution in [-0.4, -0.2) is 78.7 Å². The highest BCUT2D eigenvalue weighted by Gasteiger charge is 2.27. The van der Waals surface area contributed by atoms with Crippen LogP contribution in [0.1, 0.15) is 35.5 Å². The Morgan fingerprint density at radius 1 is 1.05 bits per heavy atom. The molecule has 9 nitrogen and oxygen atoms in total. The number of hydrogen-bond acceptors (Lipinski definition) is 9. The van der Waals surface area contributed by atoms with Crippen molar-refractivity contribution < 1.29 is 18.9 Å². The lowest BCUT2D eigenvalue weighted by atomic mass is 10.1. The SMILES string of the molecule is COCCOC1CN(Cc2ccc(Cc3nccc(-c4ccc(OC5CCOCC5)c(C#N)c4)n3)cn2)C1. The second-order valence-electron chi connectivity index (χ2n) is 9.62. The highest BCUT2D eigenvalue weighted by atomic mass is 16.5. The molecule has 0 aliphatic carbocycles. The molecule has 0 unspecified atom stereocenters.